The molecule has 0 saturated heterocycles. The van der Waals surface area contributed by atoms with Crippen LogP contribution in [0.15, 0.2) is 64.0 Å². The van der Waals surface area contributed by atoms with Gasteiger partial charge in [-0.05, 0) is 37.3 Å². The first-order chi connectivity index (χ1) is 11.3. The van der Waals surface area contributed by atoms with Crippen LogP contribution in [0.4, 0.5) is 0 Å². The number of aryl methyl sites for hydroxylation is 1. The van der Waals surface area contributed by atoms with Crippen LogP contribution in [0.5, 0.6) is 0 Å². The first-order valence-corrected chi connectivity index (χ1v) is 7.23. The fraction of sp³-hybridized carbons (Fsp3) is 0.118. The summed E-state index contributed by atoms with van der Waals surface area (Å²) in [5.41, 5.74) is 2.90. The van der Waals surface area contributed by atoms with Crippen LogP contribution < -0.4 is 0 Å². The van der Waals surface area contributed by atoms with Crippen LogP contribution in [0.25, 0.3) is 22.9 Å². The molecule has 0 aromatic carbocycles. The van der Waals surface area contributed by atoms with E-state index in [0.29, 0.717) is 18.2 Å². The molecule has 6 nitrogen and oxygen atoms in total. The van der Waals surface area contributed by atoms with Gasteiger partial charge < -0.3 is 8.83 Å². The molecule has 0 spiro atoms. The van der Waals surface area contributed by atoms with E-state index in [4.69, 9.17) is 8.83 Å². The highest BCUT2D eigenvalue weighted by Crippen LogP contribution is 2.24. The number of hydrogen-bond donors (Lipinski definition) is 0. The van der Waals surface area contributed by atoms with E-state index < -0.39 is 0 Å². The largest absolute Gasteiger partial charge is 0.459 e. The quantitative estimate of drug-likeness (QED) is 0.576. The highest BCUT2D eigenvalue weighted by molar-refractivity contribution is 5.58. The van der Waals surface area contributed by atoms with Gasteiger partial charge in [-0.15, -0.1) is 0 Å². The van der Waals surface area contributed by atoms with Crippen molar-refractivity contribution < 1.29 is 8.83 Å². The first-order valence-electron chi connectivity index (χ1n) is 7.23. The molecular formula is C17H14N4O2. The van der Waals surface area contributed by atoms with Gasteiger partial charge in [-0.25, -0.2) is 4.98 Å². The average Bonchev–Trinajstić information content (AvgIpc) is 3.30. The Balaban J connectivity index is 1.66. The molecule has 0 amide bonds. The fourth-order valence-corrected chi connectivity index (χ4v) is 2.45. The predicted octanol–water partition coefficient (Wildman–Crippen LogP) is 3.55. The Labute approximate surface area is 132 Å². The summed E-state index contributed by atoms with van der Waals surface area (Å²) in [7, 11) is 0. The van der Waals surface area contributed by atoms with Crippen molar-refractivity contribution in [3.05, 3.63) is 66.6 Å². The lowest BCUT2D eigenvalue weighted by atomic mass is 10.2. The molecule has 0 aliphatic carbocycles. The zero-order valence-electron chi connectivity index (χ0n) is 12.5. The van der Waals surface area contributed by atoms with Gasteiger partial charge in [0.1, 0.15) is 11.5 Å². The highest BCUT2D eigenvalue weighted by Gasteiger charge is 2.15. The molecule has 0 saturated carbocycles. The topological polar surface area (TPSA) is 69.9 Å². The van der Waals surface area contributed by atoms with Crippen molar-refractivity contribution in [2.24, 2.45) is 0 Å². The minimum atomic E-state index is 0.486. The van der Waals surface area contributed by atoms with Gasteiger partial charge in [0.25, 0.3) is 5.89 Å². The monoisotopic (exact) mass is 306 g/mol. The van der Waals surface area contributed by atoms with Gasteiger partial charge in [0, 0.05) is 24.2 Å². The lowest BCUT2D eigenvalue weighted by molar-refractivity contribution is 0.498. The van der Waals surface area contributed by atoms with Gasteiger partial charge in [0.05, 0.1) is 18.5 Å². The van der Waals surface area contributed by atoms with Crippen LogP contribution in [0.3, 0.4) is 0 Å². The second-order valence-corrected chi connectivity index (χ2v) is 5.11. The molecule has 23 heavy (non-hydrogen) atoms. The van der Waals surface area contributed by atoms with Crippen molar-refractivity contribution in [2.75, 3.05) is 0 Å². The maximum Gasteiger partial charge on any atom is 0.263 e. The molecule has 0 unspecified atom stereocenters. The number of furan rings is 1. The number of aromatic nitrogens is 4. The Morgan fingerprint density at radius 3 is 2.74 bits per heavy atom. The molecule has 0 aliphatic rings. The molecule has 4 aromatic heterocycles. The Kier molecular flexibility index (Phi) is 3.27. The molecule has 0 N–H and O–H groups in total. The van der Waals surface area contributed by atoms with E-state index in [-0.39, 0.29) is 0 Å². The van der Waals surface area contributed by atoms with E-state index in [1.54, 1.807) is 24.9 Å². The van der Waals surface area contributed by atoms with Crippen molar-refractivity contribution in [1.29, 1.82) is 0 Å². The summed E-state index contributed by atoms with van der Waals surface area (Å²) in [6.07, 6.45) is 6.91. The minimum absolute atomic E-state index is 0.486. The maximum absolute atomic E-state index is 5.70. The van der Waals surface area contributed by atoms with Gasteiger partial charge >= 0.3 is 0 Å². The molecule has 4 rings (SSSR count). The summed E-state index contributed by atoms with van der Waals surface area (Å²) in [6, 6.07) is 9.52. The summed E-state index contributed by atoms with van der Waals surface area (Å²) in [5.74, 6) is 1.86. The Bertz CT molecular complexity index is 907. The normalized spacial score (nSPS) is 11.0. The highest BCUT2D eigenvalue weighted by atomic mass is 16.4. The smallest absolute Gasteiger partial charge is 0.263 e. The molecule has 0 aliphatic heterocycles. The zero-order chi connectivity index (χ0) is 15.6. The second kappa shape index (κ2) is 5.57. The summed E-state index contributed by atoms with van der Waals surface area (Å²) >= 11 is 0. The molecule has 4 heterocycles. The lowest BCUT2D eigenvalue weighted by Crippen LogP contribution is -2.05. The van der Waals surface area contributed by atoms with Crippen LogP contribution in [-0.4, -0.2) is 19.7 Å². The van der Waals surface area contributed by atoms with Crippen molar-refractivity contribution in [2.45, 2.75) is 13.5 Å². The molecule has 114 valence electrons. The third-order valence-corrected chi connectivity index (χ3v) is 3.62. The van der Waals surface area contributed by atoms with E-state index >= 15 is 0 Å². The zero-order valence-corrected chi connectivity index (χ0v) is 12.5. The van der Waals surface area contributed by atoms with E-state index in [2.05, 4.69) is 15.1 Å². The predicted molar refractivity (Wildman–Crippen MR) is 83.5 cm³/mol. The van der Waals surface area contributed by atoms with Crippen LogP contribution in [0.2, 0.25) is 0 Å². The minimum Gasteiger partial charge on any atom is -0.459 e. The van der Waals surface area contributed by atoms with Gasteiger partial charge in [-0.1, -0.05) is 0 Å². The number of nitrogens with zero attached hydrogens (tertiary/aromatic N) is 4. The summed E-state index contributed by atoms with van der Waals surface area (Å²) < 4.78 is 12.9. The molecule has 0 radical (unpaired) electrons. The molecule has 0 atom stereocenters. The summed E-state index contributed by atoms with van der Waals surface area (Å²) in [5, 5.41) is 4.39. The third kappa shape index (κ3) is 2.55. The summed E-state index contributed by atoms with van der Waals surface area (Å²) in [4.78, 5) is 8.58. The number of hydrogen-bond acceptors (Lipinski definition) is 5. The number of rotatable bonds is 4. The van der Waals surface area contributed by atoms with E-state index in [1.807, 2.05) is 41.9 Å². The van der Waals surface area contributed by atoms with Crippen molar-refractivity contribution in [3.63, 3.8) is 0 Å². The molecular weight excluding hydrogens is 292 g/mol. The van der Waals surface area contributed by atoms with Gasteiger partial charge in [0.2, 0.25) is 0 Å². The van der Waals surface area contributed by atoms with Gasteiger partial charge in [-0.3, -0.25) is 9.67 Å². The number of pyridine rings is 1. The van der Waals surface area contributed by atoms with E-state index in [9.17, 15) is 0 Å². The van der Waals surface area contributed by atoms with Crippen LogP contribution in [0.1, 0.15) is 11.5 Å². The maximum atomic E-state index is 5.70. The van der Waals surface area contributed by atoms with Crippen molar-refractivity contribution in [3.8, 4) is 22.9 Å². The molecule has 0 fully saturated rings. The molecule has 6 heteroatoms. The number of oxazole rings is 1. The Morgan fingerprint density at radius 2 is 1.96 bits per heavy atom. The summed E-state index contributed by atoms with van der Waals surface area (Å²) in [6.45, 7) is 2.42. The third-order valence-electron chi connectivity index (χ3n) is 3.62. The standard InChI is InChI=1S/C17H14N4O2/c1-12-14(20-17(23-12)16-3-2-10-22-16)11-21-15(6-9-19-21)13-4-7-18-8-5-13/h2-10H,11H2,1H3. The molecule has 0 bridgehead atoms. The van der Waals surface area contributed by atoms with Crippen LogP contribution in [0, 0.1) is 6.92 Å². The Hall–Kier alpha value is -3.15. The van der Waals surface area contributed by atoms with Gasteiger partial charge in [0.15, 0.2) is 5.76 Å². The van der Waals surface area contributed by atoms with E-state index in [1.165, 1.54) is 0 Å². The first kappa shape index (κ1) is 13.5. The second-order valence-electron chi connectivity index (χ2n) is 5.11. The fourth-order valence-electron chi connectivity index (χ4n) is 2.45. The SMILES string of the molecule is Cc1oc(-c2ccco2)nc1Cn1nccc1-c1ccncc1. The van der Waals surface area contributed by atoms with Crippen LogP contribution >= 0.6 is 0 Å². The molecule has 4 aromatic rings. The van der Waals surface area contributed by atoms with Gasteiger partial charge in [-0.2, -0.15) is 5.10 Å². The van der Waals surface area contributed by atoms with Crippen LogP contribution in [-0.2, 0) is 6.54 Å². The Morgan fingerprint density at radius 1 is 1.09 bits per heavy atom. The average molecular weight is 306 g/mol. The van der Waals surface area contributed by atoms with E-state index in [0.717, 1.165) is 22.7 Å². The lowest BCUT2D eigenvalue weighted by Gasteiger charge is -2.05. The van der Waals surface area contributed by atoms with Crippen molar-refractivity contribution >= 4 is 0 Å². The van der Waals surface area contributed by atoms with Crippen molar-refractivity contribution in [1.82, 2.24) is 19.7 Å².